The van der Waals surface area contributed by atoms with Gasteiger partial charge in [-0.2, -0.15) is 5.10 Å². The number of hydrazone groups is 1. The van der Waals surface area contributed by atoms with Crippen molar-refractivity contribution in [2.75, 3.05) is 20.7 Å². The van der Waals surface area contributed by atoms with E-state index in [1.54, 1.807) is 12.1 Å². The van der Waals surface area contributed by atoms with Crippen LogP contribution in [-0.2, 0) is 11.3 Å². The topological polar surface area (TPSA) is 45.1 Å². The van der Waals surface area contributed by atoms with E-state index < -0.39 is 0 Å². The Morgan fingerprint density at radius 3 is 2.45 bits per heavy atom. The highest BCUT2D eigenvalue weighted by Crippen LogP contribution is 2.35. The minimum Gasteiger partial charge on any atom is -0.497 e. The lowest BCUT2D eigenvalue weighted by molar-refractivity contribution is -0.134. The Hall–Kier alpha value is -3.44. The molecule has 1 amide bonds. The molecule has 1 aliphatic heterocycles. The molecule has 0 fully saturated rings. The first kappa shape index (κ1) is 22.7. The number of aryl methyl sites for hydroxylation is 2. The molecule has 5 heteroatoms. The lowest BCUT2D eigenvalue weighted by atomic mass is 9.94. The van der Waals surface area contributed by atoms with Crippen LogP contribution in [0.3, 0.4) is 0 Å². The van der Waals surface area contributed by atoms with Crippen molar-refractivity contribution in [3.63, 3.8) is 0 Å². The monoisotopic (exact) mass is 441 g/mol. The minimum atomic E-state index is -0.111. The van der Waals surface area contributed by atoms with Gasteiger partial charge in [-0.05, 0) is 67.4 Å². The molecule has 0 saturated heterocycles. The highest BCUT2D eigenvalue weighted by atomic mass is 16.5. The van der Waals surface area contributed by atoms with E-state index in [4.69, 9.17) is 9.84 Å². The molecule has 1 aliphatic rings. The molecule has 170 valence electrons. The average Bonchev–Trinajstić information content (AvgIpc) is 3.25. The van der Waals surface area contributed by atoms with Crippen molar-refractivity contribution in [2.45, 2.75) is 32.9 Å². The number of nitrogens with zero attached hydrogens (tertiary/aromatic N) is 3. The summed E-state index contributed by atoms with van der Waals surface area (Å²) in [5, 5.41) is 6.52. The molecular formula is C28H31N3O2. The largest absolute Gasteiger partial charge is 0.497 e. The Morgan fingerprint density at radius 1 is 1.06 bits per heavy atom. The Balaban J connectivity index is 1.59. The van der Waals surface area contributed by atoms with Gasteiger partial charge in [-0.15, -0.1) is 0 Å². The van der Waals surface area contributed by atoms with Gasteiger partial charge in [0.05, 0.1) is 25.4 Å². The summed E-state index contributed by atoms with van der Waals surface area (Å²) in [6, 6.07) is 24.4. The fraction of sp³-hybridized carbons (Fsp3) is 0.286. The van der Waals surface area contributed by atoms with E-state index in [-0.39, 0.29) is 11.9 Å². The number of amides is 1. The van der Waals surface area contributed by atoms with Crippen LogP contribution in [0.5, 0.6) is 5.75 Å². The van der Waals surface area contributed by atoms with Crippen molar-refractivity contribution in [1.82, 2.24) is 9.91 Å². The number of ether oxygens (including phenoxy) is 1. The van der Waals surface area contributed by atoms with Gasteiger partial charge in [0, 0.05) is 13.0 Å². The van der Waals surface area contributed by atoms with Crippen LogP contribution in [0.4, 0.5) is 0 Å². The van der Waals surface area contributed by atoms with Crippen LogP contribution < -0.4 is 4.74 Å². The maximum atomic E-state index is 13.4. The van der Waals surface area contributed by atoms with E-state index in [9.17, 15) is 4.79 Å². The quantitative estimate of drug-likeness (QED) is 0.511. The van der Waals surface area contributed by atoms with Gasteiger partial charge in [0.25, 0.3) is 5.91 Å². The Bertz CT molecular complexity index is 1140. The Kier molecular flexibility index (Phi) is 6.90. The van der Waals surface area contributed by atoms with Crippen LogP contribution >= 0.6 is 0 Å². The molecule has 0 saturated carbocycles. The number of hydrogen-bond acceptors (Lipinski definition) is 4. The summed E-state index contributed by atoms with van der Waals surface area (Å²) < 4.78 is 5.29. The second-order valence-corrected chi connectivity index (χ2v) is 8.75. The number of methoxy groups -OCH3 is 1. The molecule has 4 rings (SSSR count). The maximum absolute atomic E-state index is 13.4. The third kappa shape index (κ3) is 5.32. The van der Waals surface area contributed by atoms with E-state index in [1.807, 2.05) is 54.4 Å². The van der Waals surface area contributed by atoms with E-state index >= 15 is 0 Å². The van der Waals surface area contributed by atoms with Crippen LogP contribution in [-0.4, -0.2) is 42.2 Å². The fourth-order valence-electron chi connectivity index (χ4n) is 4.39. The lowest BCUT2D eigenvalue weighted by Crippen LogP contribution is -2.36. The maximum Gasteiger partial charge on any atom is 0.257 e. The second-order valence-electron chi connectivity index (χ2n) is 8.75. The molecule has 0 bridgehead atoms. The number of carbonyl (C=O) groups is 1. The number of likely N-dealkylation sites (N-methyl/N-ethyl adjacent to an activating group) is 1. The summed E-state index contributed by atoms with van der Waals surface area (Å²) in [4.78, 5) is 15.5. The first-order valence-corrected chi connectivity index (χ1v) is 11.3. The van der Waals surface area contributed by atoms with Gasteiger partial charge in [-0.25, -0.2) is 5.01 Å². The SMILES string of the molecule is COc1ccc(C2=NN(C(=O)CN(C)Cc3ccccc3)[C@@H](c3ccc(C)cc3C)C2)cc1. The van der Waals surface area contributed by atoms with Gasteiger partial charge in [0.2, 0.25) is 0 Å². The number of carbonyl (C=O) groups excluding carboxylic acids is 1. The standard InChI is InChI=1S/C28H31N3O2/c1-20-10-15-25(21(2)16-20)27-17-26(23-11-13-24(33-4)14-12-23)29-31(27)28(32)19-30(3)18-22-8-6-5-7-9-22/h5-16,27H,17-19H2,1-4H3/t27-/m1/s1. The summed E-state index contributed by atoms with van der Waals surface area (Å²) in [6.07, 6.45) is 0.685. The van der Waals surface area contributed by atoms with E-state index in [0.717, 1.165) is 22.6 Å². The predicted octanol–water partition coefficient (Wildman–Crippen LogP) is 5.12. The van der Waals surface area contributed by atoms with Crippen LogP contribution in [0, 0.1) is 13.8 Å². The van der Waals surface area contributed by atoms with Crippen molar-refractivity contribution >= 4 is 11.6 Å². The zero-order chi connectivity index (χ0) is 23.4. The summed E-state index contributed by atoms with van der Waals surface area (Å²) in [7, 11) is 3.63. The zero-order valence-corrected chi connectivity index (χ0v) is 19.8. The summed E-state index contributed by atoms with van der Waals surface area (Å²) in [5.41, 5.74) is 6.65. The highest BCUT2D eigenvalue weighted by molar-refractivity contribution is 6.03. The molecule has 0 N–H and O–H groups in total. The summed E-state index contributed by atoms with van der Waals surface area (Å²) in [5.74, 6) is 0.806. The molecule has 5 nitrogen and oxygen atoms in total. The predicted molar refractivity (Wildman–Crippen MR) is 132 cm³/mol. The average molecular weight is 442 g/mol. The summed E-state index contributed by atoms with van der Waals surface area (Å²) >= 11 is 0. The van der Waals surface area contributed by atoms with Crippen molar-refractivity contribution in [2.24, 2.45) is 5.10 Å². The number of hydrogen-bond donors (Lipinski definition) is 0. The highest BCUT2D eigenvalue weighted by Gasteiger charge is 2.34. The normalized spacial score (nSPS) is 15.6. The van der Waals surface area contributed by atoms with Crippen LogP contribution in [0.15, 0.2) is 77.9 Å². The Morgan fingerprint density at radius 2 is 1.79 bits per heavy atom. The van der Waals surface area contributed by atoms with E-state index in [2.05, 4.69) is 44.2 Å². The van der Waals surface area contributed by atoms with Crippen molar-refractivity contribution in [1.29, 1.82) is 0 Å². The third-order valence-electron chi connectivity index (χ3n) is 6.07. The molecular weight excluding hydrogens is 410 g/mol. The minimum absolute atomic E-state index is 0.00178. The van der Waals surface area contributed by atoms with Crippen LogP contribution in [0.1, 0.15) is 40.3 Å². The Labute approximate surface area is 196 Å². The lowest BCUT2D eigenvalue weighted by Gasteiger charge is -2.26. The van der Waals surface area contributed by atoms with Gasteiger partial charge >= 0.3 is 0 Å². The molecule has 1 heterocycles. The third-order valence-corrected chi connectivity index (χ3v) is 6.07. The molecule has 0 aromatic heterocycles. The van der Waals surface area contributed by atoms with Crippen molar-refractivity contribution in [3.05, 3.63) is 101 Å². The fourth-order valence-corrected chi connectivity index (χ4v) is 4.39. The van der Waals surface area contributed by atoms with Crippen LogP contribution in [0.25, 0.3) is 0 Å². The van der Waals surface area contributed by atoms with Crippen molar-refractivity contribution < 1.29 is 9.53 Å². The molecule has 0 radical (unpaired) electrons. The molecule has 0 spiro atoms. The van der Waals surface area contributed by atoms with Gasteiger partial charge in [-0.1, -0.05) is 54.1 Å². The molecule has 1 atom stereocenters. The molecule has 3 aromatic rings. The molecule has 0 unspecified atom stereocenters. The smallest absolute Gasteiger partial charge is 0.257 e. The zero-order valence-electron chi connectivity index (χ0n) is 19.8. The number of benzene rings is 3. The van der Waals surface area contributed by atoms with Crippen LogP contribution in [0.2, 0.25) is 0 Å². The van der Waals surface area contributed by atoms with Crippen molar-refractivity contribution in [3.8, 4) is 5.75 Å². The van der Waals surface area contributed by atoms with E-state index in [0.29, 0.717) is 19.5 Å². The van der Waals surface area contributed by atoms with Gasteiger partial charge in [0.15, 0.2) is 0 Å². The van der Waals surface area contributed by atoms with Gasteiger partial charge < -0.3 is 4.74 Å². The number of rotatable bonds is 7. The molecule has 3 aromatic carbocycles. The summed E-state index contributed by atoms with van der Waals surface area (Å²) in [6.45, 7) is 5.21. The van der Waals surface area contributed by atoms with Gasteiger partial charge in [-0.3, -0.25) is 9.69 Å². The second kappa shape index (κ2) is 10.0. The molecule has 33 heavy (non-hydrogen) atoms. The van der Waals surface area contributed by atoms with E-state index in [1.165, 1.54) is 16.7 Å². The first-order valence-electron chi connectivity index (χ1n) is 11.3. The first-order chi connectivity index (χ1) is 15.9. The molecule has 0 aliphatic carbocycles. The van der Waals surface area contributed by atoms with Gasteiger partial charge in [0.1, 0.15) is 5.75 Å².